The molecule has 19 heavy (non-hydrogen) atoms. The fraction of sp³-hybridized carbons (Fsp3) is 0.385. The van der Waals surface area contributed by atoms with Crippen LogP contribution in [-0.2, 0) is 4.79 Å². The van der Waals surface area contributed by atoms with E-state index in [9.17, 15) is 14.7 Å². The summed E-state index contributed by atoms with van der Waals surface area (Å²) in [5.41, 5.74) is 0.573. The zero-order valence-corrected chi connectivity index (χ0v) is 10.6. The van der Waals surface area contributed by atoms with Gasteiger partial charge in [-0.05, 0) is 18.6 Å². The third-order valence-electron chi connectivity index (χ3n) is 3.31. The summed E-state index contributed by atoms with van der Waals surface area (Å²) in [6.07, 6.45) is 0.481. The van der Waals surface area contributed by atoms with Gasteiger partial charge in [0.05, 0.1) is 5.92 Å². The Morgan fingerprint density at radius 2 is 2.16 bits per heavy atom. The molecule has 6 nitrogen and oxygen atoms in total. The lowest BCUT2D eigenvalue weighted by molar-refractivity contribution is -0.141. The van der Waals surface area contributed by atoms with E-state index in [1.807, 2.05) is 0 Å². The van der Waals surface area contributed by atoms with Crippen LogP contribution in [-0.4, -0.2) is 47.3 Å². The van der Waals surface area contributed by atoms with Gasteiger partial charge in [-0.2, -0.15) is 0 Å². The number of likely N-dealkylation sites (tertiary alicyclic amines) is 1. The second-order valence-electron chi connectivity index (χ2n) is 4.63. The van der Waals surface area contributed by atoms with Crippen molar-refractivity contribution in [3.8, 4) is 5.75 Å². The summed E-state index contributed by atoms with van der Waals surface area (Å²) in [6, 6.07) is 6.12. The van der Waals surface area contributed by atoms with E-state index in [4.69, 9.17) is 5.11 Å². The quantitative estimate of drug-likeness (QED) is 0.845. The van der Waals surface area contributed by atoms with Crippen molar-refractivity contribution in [3.63, 3.8) is 0 Å². The number of hydrogen-bond donors (Lipinski definition) is 2. The van der Waals surface area contributed by atoms with Gasteiger partial charge in [0.25, 0.3) is 0 Å². The number of carbonyl (C=O) groups is 2. The third-order valence-corrected chi connectivity index (χ3v) is 3.31. The van der Waals surface area contributed by atoms with Crippen LogP contribution in [0.1, 0.15) is 6.42 Å². The molecule has 2 rings (SSSR count). The van der Waals surface area contributed by atoms with Crippen LogP contribution in [0.3, 0.4) is 0 Å². The highest BCUT2D eigenvalue weighted by Gasteiger charge is 2.32. The van der Waals surface area contributed by atoms with Gasteiger partial charge in [-0.3, -0.25) is 9.69 Å². The molecule has 0 saturated carbocycles. The van der Waals surface area contributed by atoms with Crippen molar-refractivity contribution in [1.82, 2.24) is 4.90 Å². The average molecular weight is 264 g/mol. The van der Waals surface area contributed by atoms with Crippen molar-refractivity contribution in [2.24, 2.45) is 5.92 Å². The molecule has 0 radical (unpaired) electrons. The zero-order valence-electron chi connectivity index (χ0n) is 10.6. The molecular weight excluding hydrogens is 248 g/mol. The number of benzene rings is 1. The van der Waals surface area contributed by atoms with Crippen molar-refractivity contribution < 1.29 is 19.8 Å². The van der Waals surface area contributed by atoms with Gasteiger partial charge in [-0.25, -0.2) is 4.79 Å². The molecule has 1 atom stereocenters. The Hall–Kier alpha value is -2.24. The summed E-state index contributed by atoms with van der Waals surface area (Å²) < 4.78 is 0. The summed E-state index contributed by atoms with van der Waals surface area (Å²) in [5, 5.41) is 18.3. The highest BCUT2D eigenvalue weighted by atomic mass is 16.4. The number of phenolic OH excluding ortho intramolecular Hbond substituents is 1. The minimum Gasteiger partial charge on any atom is -0.508 e. The standard InChI is InChI=1S/C13H16N2O4/c1-14(10-3-2-4-11(16)7-10)13(19)15-6-5-9(8-15)12(17)18/h2-4,7,9,16H,5-6,8H2,1H3,(H,17,18). The number of amides is 2. The summed E-state index contributed by atoms with van der Waals surface area (Å²) in [5.74, 6) is -1.26. The fourth-order valence-electron chi connectivity index (χ4n) is 2.16. The normalized spacial score (nSPS) is 18.4. The van der Waals surface area contributed by atoms with Gasteiger partial charge < -0.3 is 15.1 Å². The molecule has 1 aromatic carbocycles. The Morgan fingerprint density at radius 3 is 2.74 bits per heavy atom. The van der Waals surface area contributed by atoms with Gasteiger partial charge in [0.1, 0.15) is 5.75 Å². The van der Waals surface area contributed by atoms with Gasteiger partial charge >= 0.3 is 12.0 Å². The van der Waals surface area contributed by atoms with E-state index in [-0.39, 0.29) is 18.3 Å². The lowest BCUT2D eigenvalue weighted by Gasteiger charge is -2.24. The number of nitrogens with zero attached hydrogens (tertiary/aromatic N) is 2. The number of urea groups is 1. The molecule has 2 N–H and O–H groups in total. The molecule has 1 aliphatic rings. The summed E-state index contributed by atoms with van der Waals surface area (Å²) in [4.78, 5) is 26.0. The summed E-state index contributed by atoms with van der Waals surface area (Å²) in [7, 11) is 1.60. The minimum absolute atomic E-state index is 0.0852. The second-order valence-corrected chi connectivity index (χ2v) is 4.63. The SMILES string of the molecule is CN(C(=O)N1CCC(C(=O)O)C1)c1cccc(O)c1. The van der Waals surface area contributed by atoms with E-state index in [0.29, 0.717) is 18.7 Å². The molecule has 1 heterocycles. The number of phenols is 1. The number of aromatic hydroxyl groups is 1. The van der Waals surface area contributed by atoms with Gasteiger partial charge in [0.2, 0.25) is 0 Å². The van der Waals surface area contributed by atoms with Crippen molar-refractivity contribution >= 4 is 17.7 Å². The van der Waals surface area contributed by atoms with Crippen LogP contribution in [0.25, 0.3) is 0 Å². The molecule has 1 aromatic rings. The number of carboxylic acids is 1. The molecule has 1 unspecified atom stereocenters. The topological polar surface area (TPSA) is 81.1 Å². The van der Waals surface area contributed by atoms with Crippen LogP contribution in [0, 0.1) is 5.92 Å². The van der Waals surface area contributed by atoms with E-state index in [0.717, 1.165) is 0 Å². The van der Waals surface area contributed by atoms with Crippen molar-refractivity contribution in [3.05, 3.63) is 24.3 Å². The zero-order chi connectivity index (χ0) is 14.0. The lowest BCUT2D eigenvalue weighted by atomic mass is 10.1. The average Bonchev–Trinajstić information content (AvgIpc) is 2.86. The summed E-state index contributed by atoms with van der Waals surface area (Å²) in [6.45, 7) is 0.677. The number of carboxylic acid groups (broad SMARTS) is 1. The van der Waals surface area contributed by atoms with Crippen LogP contribution in [0.15, 0.2) is 24.3 Å². The molecule has 0 spiro atoms. The monoisotopic (exact) mass is 264 g/mol. The van der Waals surface area contributed by atoms with E-state index in [2.05, 4.69) is 0 Å². The number of carbonyl (C=O) groups excluding carboxylic acids is 1. The Morgan fingerprint density at radius 1 is 1.42 bits per heavy atom. The fourth-order valence-corrected chi connectivity index (χ4v) is 2.16. The largest absolute Gasteiger partial charge is 0.508 e. The van der Waals surface area contributed by atoms with Gasteiger partial charge in [0, 0.05) is 31.9 Å². The predicted molar refractivity (Wildman–Crippen MR) is 69.2 cm³/mol. The van der Waals surface area contributed by atoms with Gasteiger partial charge in [0.15, 0.2) is 0 Å². The minimum atomic E-state index is -0.865. The molecule has 102 valence electrons. The molecule has 1 fully saturated rings. The molecular formula is C13H16N2O4. The Bertz CT molecular complexity index is 503. The molecule has 1 saturated heterocycles. The number of aliphatic carboxylic acids is 1. The third kappa shape index (κ3) is 2.78. The maximum absolute atomic E-state index is 12.2. The first-order valence-electron chi connectivity index (χ1n) is 6.03. The summed E-state index contributed by atoms with van der Waals surface area (Å²) >= 11 is 0. The number of hydrogen-bond acceptors (Lipinski definition) is 3. The van der Waals surface area contributed by atoms with E-state index in [1.165, 1.54) is 21.9 Å². The van der Waals surface area contributed by atoms with Crippen molar-refractivity contribution in [2.75, 3.05) is 25.0 Å². The first-order valence-corrected chi connectivity index (χ1v) is 6.03. The van der Waals surface area contributed by atoms with Crippen LogP contribution in [0.2, 0.25) is 0 Å². The second kappa shape index (κ2) is 5.17. The smallest absolute Gasteiger partial charge is 0.324 e. The van der Waals surface area contributed by atoms with E-state index in [1.54, 1.807) is 19.2 Å². The van der Waals surface area contributed by atoms with Crippen LogP contribution < -0.4 is 4.90 Å². The maximum atomic E-state index is 12.2. The first kappa shape index (κ1) is 13.2. The maximum Gasteiger partial charge on any atom is 0.324 e. The van der Waals surface area contributed by atoms with E-state index < -0.39 is 11.9 Å². The Kier molecular flexibility index (Phi) is 3.59. The molecule has 2 amide bonds. The first-order chi connectivity index (χ1) is 8.99. The Balaban J connectivity index is 2.06. The van der Waals surface area contributed by atoms with Crippen LogP contribution >= 0.6 is 0 Å². The van der Waals surface area contributed by atoms with Crippen LogP contribution in [0.5, 0.6) is 5.75 Å². The molecule has 0 aromatic heterocycles. The Labute approximate surface area is 110 Å². The van der Waals surface area contributed by atoms with E-state index >= 15 is 0 Å². The highest BCUT2D eigenvalue weighted by Crippen LogP contribution is 2.23. The number of anilines is 1. The number of rotatable bonds is 2. The molecule has 1 aliphatic heterocycles. The van der Waals surface area contributed by atoms with Crippen molar-refractivity contribution in [1.29, 1.82) is 0 Å². The lowest BCUT2D eigenvalue weighted by Crippen LogP contribution is -2.40. The van der Waals surface area contributed by atoms with Gasteiger partial charge in [-0.1, -0.05) is 6.07 Å². The van der Waals surface area contributed by atoms with Crippen LogP contribution in [0.4, 0.5) is 10.5 Å². The van der Waals surface area contributed by atoms with Crippen molar-refractivity contribution in [2.45, 2.75) is 6.42 Å². The predicted octanol–water partition coefficient (Wildman–Crippen LogP) is 1.35. The van der Waals surface area contributed by atoms with Gasteiger partial charge in [-0.15, -0.1) is 0 Å². The molecule has 6 heteroatoms. The highest BCUT2D eigenvalue weighted by molar-refractivity contribution is 5.92. The molecule has 0 bridgehead atoms. The molecule has 0 aliphatic carbocycles.